The van der Waals surface area contributed by atoms with Gasteiger partial charge >= 0.3 is 12.3 Å². The molecular formula is C30H24ClF3O5S. The molecule has 4 aromatic carbocycles. The summed E-state index contributed by atoms with van der Waals surface area (Å²) in [5.41, 5.74) is 4.74. The average Bonchev–Trinajstić information content (AvgIpc) is 2.88. The molecule has 0 spiro atoms. The lowest BCUT2D eigenvalue weighted by molar-refractivity contribution is -0.191. The van der Waals surface area contributed by atoms with Crippen molar-refractivity contribution < 1.29 is 35.4 Å². The van der Waals surface area contributed by atoms with E-state index >= 15 is 0 Å². The topological polar surface area (TPSA) is 77.5 Å². The van der Waals surface area contributed by atoms with Crippen LogP contribution >= 0.6 is 11.6 Å². The predicted molar refractivity (Wildman–Crippen MR) is 145 cm³/mol. The van der Waals surface area contributed by atoms with Crippen LogP contribution in [0.3, 0.4) is 0 Å². The molecule has 208 valence electrons. The first kappa shape index (κ1) is 30.8. The first-order valence-corrected chi connectivity index (χ1v) is 13.6. The van der Waals surface area contributed by atoms with Gasteiger partial charge in [-0.15, -0.1) is 0 Å². The minimum atomic E-state index is -4.62. The number of benzene rings is 4. The molecule has 5 nitrogen and oxygen atoms in total. The zero-order valence-electron chi connectivity index (χ0n) is 21.7. The van der Waals surface area contributed by atoms with Crippen LogP contribution in [0, 0.1) is 20.8 Å². The summed E-state index contributed by atoms with van der Waals surface area (Å²) in [7, 11) is -4.21. The molecule has 10 heteroatoms. The first-order valence-electron chi connectivity index (χ1n) is 11.8. The normalized spacial score (nSPS) is 11.4. The fourth-order valence-corrected chi connectivity index (χ4v) is 5.21. The first-order chi connectivity index (χ1) is 18.8. The number of carbonyl (C=O) groups excluding carboxylic acids is 2. The summed E-state index contributed by atoms with van der Waals surface area (Å²) in [6.07, 6.45) is -4.37. The van der Waals surface area contributed by atoms with Crippen molar-refractivity contribution in [3.63, 3.8) is 0 Å². The van der Waals surface area contributed by atoms with Gasteiger partial charge < -0.3 is 0 Å². The van der Waals surface area contributed by atoms with Crippen molar-refractivity contribution in [3.8, 4) is 22.3 Å². The van der Waals surface area contributed by atoms with Gasteiger partial charge in [-0.2, -0.15) is 31.2 Å². The number of alkyl halides is 3. The van der Waals surface area contributed by atoms with Crippen LogP contribution in [0.2, 0.25) is 5.02 Å². The Kier molecular flexibility index (Phi) is 9.71. The second-order valence-corrected chi connectivity index (χ2v) is 11.0. The van der Waals surface area contributed by atoms with E-state index < -0.39 is 28.5 Å². The summed E-state index contributed by atoms with van der Waals surface area (Å²) in [5, 5.41) is 0.316. The van der Waals surface area contributed by atoms with E-state index in [4.69, 9.17) is 25.4 Å². The van der Waals surface area contributed by atoms with Gasteiger partial charge in [0, 0.05) is 10.6 Å². The van der Waals surface area contributed by atoms with Crippen molar-refractivity contribution in [2.45, 2.75) is 38.4 Å². The molecule has 0 saturated carbocycles. The van der Waals surface area contributed by atoms with E-state index in [1.54, 1.807) is 24.3 Å². The fourth-order valence-electron chi connectivity index (χ4n) is 4.10. The molecular weight excluding hydrogens is 565 g/mol. The third kappa shape index (κ3) is 7.46. The van der Waals surface area contributed by atoms with Crippen LogP contribution in [0.4, 0.5) is 13.2 Å². The van der Waals surface area contributed by atoms with Crippen molar-refractivity contribution in [1.82, 2.24) is 0 Å². The largest absolute Gasteiger partial charge is 0.416 e. The Morgan fingerprint density at radius 2 is 1.38 bits per heavy atom. The highest BCUT2D eigenvalue weighted by Gasteiger charge is 2.31. The maximum absolute atomic E-state index is 13.5. The zero-order chi connectivity index (χ0) is 29.7. The van der Waals surface area contributed by atoms with Gasteiger partial charge in [0.1, 0.15) is 0 Å². The Morgan fingerprint density at radius 3 is 1.98 bits per heavy atom. The number of hydrogen-bond acceptors (Lipinski definition) is 5. The molecule has 0 bridgehead atoms. The molecule has 0 saturated heterocycles. The molecule has 0 fully saturated rings. The van der Waals surface area contributed by atoms with Crippen LogP contribution in [-0.2, 0) is 36.7 Å². The number of aryl methyl sites for hydroxylation is 3. The van der Waals surface area contributed by atoms with E-state index in [1.165, 1.54) is 18.2 Å². The minimum absolute atomic E-state index is 0.0465. The highest BCUT2D eigenvalue weighted by molar-refractivity contribution is 7.86. The van der Waals surface area contributed by atoms with Crippen LogP contribution in [0.5, 0.6) is 0 Å². The zero-order valence-corrected chi connectivity index (χ0v) is 23.2. The smallest absolute Gasteiger partial charge is 0.262 e. The van der Waals surface area contributed by atoms with Gasteiger partial charge in [-0.1, -0.05) is 65.2 Å². The Morgan fingerprint density at radius 1 is 0.775 bits per heavy atom. The summed E-state index contributed by atoms with van der Waals surface area (Å²) in [5.74, 6) is 0. The quantitative estimate of drug-likeness (QED) is 0.214. The molecule has 0 aromatic heterocycles. The van der Waals surface area contributed by atoms with Gasteiger partial charge in [0.15, 0.2) is 0 Å². The third-order valence-electron chi connectivity index (χ3n) is 6.06. The van der Waals surface area contributed by atoms with E-state index in [-0.39, 0.29) is 16.6 Å². The van der Waals surface area contributed by atoms with Crippen molar-refractivity contribution in [2.75, 3.05) is 0 Å². The number of halogens is 4. The Hall–Kier alpha value is -3.75. The van der Waals surface area contributed by atoms with Crippen LogP contribution in [0.25, 0.3) is 22.3 Å². The lowest BCUT2D eigenvalue weighted by atomic mass is 9.93. The van der Waals surface area contributed by atoms with E-state index in [0.29, 0.717) is 16.1 Å². The molecule has 0 aliphatic carbocycles. The van der Waals surface area contributed by atoms with Gasteiger partial charge in [0.25, 0.3) is 10.1 Å². The summed E-state index contributed by atoms with van der Waals surface area (Å²) in [4.78, 5) is 16.2. The monoisotopic (exact) mass is 588 g/mol. The molecule has 4 aromatic rings. The summed E-state index contributed by atoms with van der Waals surface area (Å²) in [6, 6.07) is 20.5. The van der Waals surface area contributed by atoms with Crippen molar-refractivity contribution in [2.24, 2.45) is 0 Å². The molecule has 0 unspecified atom stereocenters. The van der Waals surface area contributed by atoms with Crippen LogP contribution in [0.1, 0.15) is 27.8 Å². The van der Waals surface area contributed by atoms with E-state index in [0.717, 1.165) is 39.9 Å². The van der Waals surface area contributed by atoms with E-state index in [2.05, 4.69) is 0 Å². The molecule has 0 aliphatic heterocycles. The lowest BCUT2D eigenvalue weighted by Gasteiger charge is -2.17. The van der Waals surface area contributed by atoms with Gasteiger partial charge in [0.2, 0.25) is 0 Å². The van der Waals surface area contributed by atoms with Gasteiger partial charge in [-0.3, -0.25) is 4.18 Å². The van der Waals surface area contributed by atoms with Crippen molar-refractivity contribution in [1.29, 1.82) is 0 Å². The summed E-state index contributed by atoms with van der Waals surface area (Å²) >= 11 is 6.50. The van der Waals surface area contributed by atoms with Crippen molar-refractivity contribution >= 4 is 27.9 Å². The molecule has 0 radical (unpaired) electrons. The maximum Gasteiger partial charge on any atom is 0.416 e. The summed E-state index contributed by atoms with van der Waals surface area (Å²) < 4.78 is 71.3. The Labute approximate surface area is 235 Å². The van der Waals surface area contributed by atoms with Gasteiger partial charge in [-0.25, -0.2) is 0 Å². The van der Waals surface area contributed by atoms with E-state index in [1.807, 2.05) is 45.0 Å². The standard InChI is InChI=1S/C29H24ClF3O3S.CO2/c1-18-4-9-24(10-5-18)37(34,35)36-17-22-15-23(29(31,32)33)8-12-26(22)27-16-21(7-13-28(27)30)25-11-6-19(2)14-20(25)3;2-1-3/h4-16H,17H2,1-3H3;. The highest BCUT2D eigenvalue weighted by atomic mass is 35.5. The second kappa shape index (κ2) is 12.6. The van der Waals surface area contributed by atoms with Crippen LogP contribution < -0.4 is 0 Å². The minimum Gasteiger partial charge on any atom is -0.262 e. The maximum atomic E-state index is 13.5. The molecule has 4 rings (SSSR count). The van der Waals surface area contributed by atoms with Crippen LogP contribution in [0.15, 0.2) is 83.8 Å². The fraction of sp³-hybridized carbons (Fsp3) is 0.167. The molecule has 0 aliphatic rings. The molecule has 0 heterocycles. The SMILES string of the molecule is Cc1ccc(S(=O)(=O)OCc2cc(C(F)(F)F)ccc2-c2cc(-c3ccc(C)cc3C)ccc2Cl)cc1.O=C=O. The van der Waals surface area contributed by atoms with E-state index in [9.17, 15) is 21.6 Å². The van der Waals surface area contributed by atoms with Crippen molar-refractivity contribution in [3.05, 3.63) is 112 Å². The Balaban J connectivity index is 0.00000141. The third-order valence-corrected chi connectivity index (χ3v) is 7.67. The average molecular weight is 589 g/mol. The lowest BCUT2D eigenvalue weighted by Crippen LogP contribution is -2.10. The van der Waals surface area contributed by atoms with Gasteiger partial charge in [-0.05, 0) is 85.0 Å². The highest BCUT2D eigenvalue weighted by Crippen LogP contribution is 2.39. The second-order valence-electron chi connectivity index (χ2n) is 9.00. The van der Waals surface area contributed by atoms with Crippen LogP contribution in [-0.4, -0.2) is 14.6 Å². The molecule has 0 amide bonds. The molecule has 0 N–H and O–H groups in total. The number of hydrogen-bond donors (Lipinski definition) is 0. The predicted octanol–water partition coefficient (Wildman–Crippen LogP) is 7.94. The molecule has 40 heavy (non-hydrogen) atoms. The van der Waals surface area contributed by atoms with Gasteiger partial charge in [0.05, 0.1) is 17.1 Å². The Bertz CT molecular complexity index is 1660. The summed E-state index contributed by atoms with van der Waals surface area (Å²) in [6.45, 7) is 5.18. The number of rotatable bonds is 6. The molecule has 0 atom stereocenters.